The molecule has 1 N–H and O–H groups in total. The number of nitrogens with one attached hydrogen (secondary N) is 1. The van der Waals surface area contributed by atoms with E-state index < -0.39 is 0 Å². The number of benzene rings is 2. The van der Waals surface area contributed by atoms with E-state index in [2.05, 4.69) is 39.3 Å². The second-order valence-corrected chi connectivity index (χ2v) is 7.85. The molecule has 0 saturated heterocycles. The Hall–Kier alpha value is -2.90. The molecule has 2 heterocycles. The number of nitrogens with zero attached hydrogens (tertiary/aromatic N) is 3. The molecule has 0 atom stereocenters. The molecule has 0 fully saturated rings. The van der Waals surface area contributed by atoms with Gasteiger partial charge in [-0.05, 0) is 30.1 Å². The van der Waals surface area contributed by atoms with Gasteiger partial charge in [-0.1, -0.05) is 60.3 Å². The number of amides is 1. The molecule has 0 bridgehead atoms. The van der Waals surface area contributed by atoms with Crippen LogP contribution in [0, 0.1) is 0 Å². The van der Waals surface area contributed by atoms with E-state index in [0.29, 0.717) is 4.88 Å². The van der Waals surface area contributed by atoms with E-state index in [1.54, 1.807) is 11.3 Å². The lowest BCUT2D eigenvalue weighted by molar-refractivity contribution is 0.102. The minimum absolute atomic E-state index is 0.161. The summed E-state index contributed by atoms with van der Waals surface area (Å²) < 4.78 is 3.91. The smallest absolute Gasteiger partial charge is 0.269 e. The quantitative estimate of drug-likeness (QED) is 0.457. The molecule has 2 aromatic carbocycles. The van der Waals surface area contributed by atoms with Gasteiger partial charge in [0.15, 0.2) is 0 Å². The minimum Gasteiger partial charge on any atom is -0.321 e. The van der Waals surface area contributed by atoms with E-state index in [4.69, 9.17) is 4.98 Å². The second-order valence-electron chi connectivity index (χ2n) is 6.23. The fraction of sp³-hybridized carbons (Fsp3) is 0.143. The van der Waals surface area contributed by atoms with E-state index in [9.17, 15) is 4.79 Å². The van der Waals surface area contributed by atoms with Crippen LogP contribution in [0.2, 0.25) is 0 Å². The van der Waals surface area contributed by atoms with Gasteiger partial charge < -0.3 is 5.32 Å². The number of anilines is 1. The van der Waals surface area contributed by atoms with Crippen molar-refractivity contribution in [2.24, 2.45) is 0 Å². The highest BCUT2D eigenvalue weighted by atomic mass is 32.1. The molecule has 0 aliphatic carbocycles. The fourth-order valence-electron chi connectivity index (χ4n) is 2.81. The number of aryl methyl sites for hydroxylation is 1. The van der Waals surface area contributed by atoms with Crippen LogP contribution < -0.4 is 5.32 Å². The van der Waals surface area contributed by atoms with Crippen molar-refractivity contribution in [3.05, 3.63) is 70.5 Å². The standard InChI is InChI=1S/C21H18N4OS2/c1-2-6-17-19(28-25-24-17)20(26)22-16-11-9-14(10-12-16)18-13-27-21(23-18)15-7-4-3-5-8-15/h3-5,7-13H,2,6H2,1H3,(H,22,26). The highest BCUT2D eigenvalue weighted by molar-refractivity contribution is 7.13. The van der Waals surface area contributed by atoms with Crippen LogP contribution in [0.25, 0.3) is 21.8 Å². The average Bonchev–Trinajstić information content (AvgIpc) is 3.39. The molecule has 0 spiro atoms. The lowest BCUT2D eigenvalue weighted by Crippen LogP contribution is -2.12. The number of aromatic nitrogens is 3. The first-order valence-corrected chi connectivity index (χ1v) is 10.6. The molecule has 1 amide bonds. The van der Waals surface area contributed by atoms with Gasteiger partial charge in [0, 0.05) is 22.2 Å². The Morgan fingerprint density at radius 1 is 1.04 bits per heavy atom. The van der Waals surface area contributed by atoms with Gasteiger partial charge >= 0.3 is 0 Å². The van der Waals surface area contributed by atoms with Crippen molar-refractivity contribution in [2.75, 3.05) is 5.32 Å². The molecule has 7 heteroatoms. The third-order valence-corrected chi connectivity index (χ3v) is 5.87. The molecule has 140 valence electrons. The maximum Gasteiger partial charge on any atom is 0.269 e. The van der Waals surface area contributed by atoms with Crippen molar-refractivity contribution in [3.63, 3.8) is 0 Å². The largest absolute Gasteiger partial charge is 0.321 e. The van der Waals surface area contributed by atoms with Gasteiger partial charge in [-0.15, -0.1) is 16.4 Å². The van der Waals surface area contributed by atoms with Crippen molar-refractivity contribution >= 4 is 34.5 Å². The van der Waals surface area contributed by atoms with E-state index >= 15 is 0 Å². The molecule has 0 unspecified atom stereocenters. The highest BCUT2D eigenvalue weighted by Crippen LogP contribution is 2.29. The first kappa shape index (κ1) is 18.5. The van der Waals surface area contributed by atoms with Crippen LogP contribution in [0.5, 0.6) is 0 Å². The summed E-state index contributed by atoms with van der Waals surface area (Å²) in [5.74, 6) is -0.161. The predicted molar refractivity (Wildman–Crippen MR) is 115 cm³/mol. The molecule has 28 heavy (non-hydrogen) atoms. The summed E-state index contributed by atoms with van der Waals surface area (Å²) in [4.78, 5) is 17.8. The molecule has 0 aliphatic rings. The molecule has 0 saturated carbocycles. The van der Waals surface area contributed by atoms with Crippen molar-refractivity contribution in [2.45, 2.75) is 19.8 Å². The molecule has 2 aromatic heterocycles. The molecule has 0 aliphatic heterocycles. The van der Waals surface area contributed by atoms with Crippen LogP contribution in [-0.4, -0.2) is 20.5 Å². The topological polar surface area (TPSA) is 67.8 Å². The zero-order valence-electron chi connectivity index (χ0n) is 15.3. The van der Waals surface area contributed by atoms with Crippen LogP contribution in [0.3, 0.4) is 0 Å². The first-order chi connectivity index (χ1) is 13.7. The average molecular weight is 407 g/mol. The fourth-order valence-corrected chi connectivity index (χ4v) is 4.25. The third-order valence-electron chi connectivity index (χ3n) is 4.21. The number of carbonyl (C=O) groups is 1. The monoisotopic (exact) mass is 406 g/mol. The van der Waals surface area contributed by atoms with E-state index in [1.807, 2.05) is 42.5 Å². The summed E-state index contributed by atoms with van der Waals surface area (Å²) in [6, 6.07) is 17.9. The zero-order valence-corrected chi connectivity index (χ0v) is 16.9. The van der Waals surface area contributed by atoms with Crippen molar-refractivity contribution in [1.82, 2.24) is 14.6 Å². The van der Waals surface area contributed by atoms with Gasteiger partial charge in [0.05, 0.1) is 11.4 Å². The van der Waals surface area contributed by atoms with Crippen LogP contribution >= 0.6 is 22.9 Å². The Bertz CT molecular complexity index is 1070. The third kappa shape index (κ3) is 4.00. The molecule has 4 rings (SSSR count). The van der Waals surface area contributed by atoms with Gasteiger partial charge in [0.2, 0.25) is 0 Å². The van der Waals surface area contributed by atoms with Gasteiger partial charge in [-0.2, -0.15) is 0 Å². The van der Waals surface area contributed by atoms with Crippen LogP contribution in [0.4, 0.5) is 5.69 Å². The van der Waals surface area contributed by atoms with Crippen molar-refractivity contribution in [1.29, 1.82) is 0 Å². The SMILES string of the molecule is CCCc1nnsc1C(=O)Nc1ccc(-c2csc(-c3ccccc3)n2)cc1. The number of carbonyl (C=O) groups excluding carboxylic acids is 1. The molecule has 4 aromatic rings. The Balaban J connectivity index is 1.48. The van der Waals surface area contributed by atoms with Gasteiger partial charge in [-0.25, -0.2) is 4.98 Å². The predicted octanol–water partition coefficient (Wildman–Crippen LogP) is 5.53. The number of thiazole rings is 1. The number of hydrogen-bond donors (Lipinski definition) is 1. The van der Waals surface area contributed by atoms with Crippen molar-refractivity contribution < 1.29 is 4.79 Å². The minimum atomic E-state index is -0.161. The molecule has 0 radical (unpaired) electrons. The van der Waals surface area contributed by atoms with E-state index in [0.717, 1.165) is 57.6 Å². The number of hydrogen-bond acceptors (Lipinski definition) is 6. The zero-order chi connectivity index (χ0) is 19.3. The highest BCUT2D eigenvalue weighted by Gasteiger charge is 2.16. The van der Waals surface area contributed by atoms with Crippen LogP contribution in [0.15, 0.2) is 60.0 Å². The summed E-state index contributed by atoms with van der Waals surface area (Å²) in [6.07, 6.45) is 1.69. The summed E-state index contributed by atoms with van der Waals surface area (Å²) in [5.41, 5.74) is 4.56. The van der Waals surface area contributed by atoms with E-state index in [1.165, 1.54) is 0 Å². The second kappa shape index (κ2) is 8.41. The Kier molecular flexibility index (Phi) is 5.55. The maximum atomic E-state index is 12.5. The molecular formula is C21H18N4OS2. The van der Waals surface area contributed by atoms with Gasteiger partial charge in [-0.3, -0.25) is 4.79 Å². The summed E-state index contributed by atoms with van der Waals surface area (Å²) in [6.45, 7) is 2.06. The summed E-state index contributed by atoms with van der Waals surface area (Å²) >= 11 is 2.76. The number of rotatable bonds is 6. The maximum absolute atomic E-state index is 12.5. The lowest BCUT2D eigenvalue weighted by Gasteiger charge is -2.05. The summed E-state index contributed by atoms with van der Waals surface area (Å²) in [7, 11) is 0. The molecule has 5 nitrogen and oxygen atoms in total. The normalized spacial score (nSPS) is 10.8. The first-order valence-electron chi connectivity index (χ1n) is 8.98. The van der Waals surface area contributed by atoms with Crippen molar-refractivity contribution in [3.8, 4) is 21.8 Å². The summed E-state index contributed by atoms with van der Waals surface area (Å²) in [5, 5.41) is 10.0. The van der Waals surface area contributed by atoms with Crippen LogP contribution in [-0.2, 0) is 6.42 Å². The lowest BCUT2D eigenvalue weighted by atomic mass is 10.1. The van der Waals surface area contributed by atoms with Gasteiger partial charge in [0.25, 0.3) is 5.91 Å². The van der Waals surface area contributed by atoms with E-state index in [-0.39, 0.29) is 5.91 Å². The van der Waals surface area contributed by atoms with Gasteiger partial charge in [0.1, 0.15) is 9.88 Å². The van der Waals surface area contributed by atoms with Crippen LogP contribution in [0.1, 0.15) is 28.7 Å². The Morgan fingerprint density at radius 2 is 1.82 bits per heavy atom. The Morgan fingerprint density at radius 3 is 2.57 bits per heavy atom. The Labute approximate surface area is 171 Å². The molecular weight excluding hydrogens is 388 g/mol.